The molecule has 0 aromatic heterocycles. The molecule has 21 heavy (non-hydrogen) atoms. The predicted octanol–water partition coefficient (Wildman–Crippen LogP) is 5.08. The summed E-state index contributed by atoms with van der Waals surface area (Å²) >= 11 is 1.76. The van der Waals surface area contributed by atoms with Gasteiger partial charge < -0.3 is 4.90 Å². The minimum Gasteiger partial charge on any atom is -0.377 e. The summed E-state index contributed by atoms with van der Waals surface area (Å²) in [5.41, 5.74) is 1.28. The Labute approximate surface area is 133 Å². The smallest absolute Gasteiger partial charge is 0.0441 e. The van der Waals surface area contributed by atoms with Crippen molar-refractivity contribution in [1.82, 2.24) is 4.72 Å². The topological polar surface area (TPSA) is 15.3 Å². The van der Waals surface area contributed by atoms with Crippen molar-refractivity contribution in [2.24, 2.45) is 0 Å². The maximum Gasteiger partial charge on any atom is 0.0441 e. The molecule has 0 saturated carbocycles. The highest BCUT2D eigenvalue weighted by atomic mass is 32.2. The largest absolute Gasteiger partial charge is 0.377 e. The van der Waals surface area contributed by atoms with Gasteiger partial charge in [-0.15, -0.1) is 0 Å². The fourth-order valence-electron chi connectivity index (χ4n) is 2.50. The number of rotatable bonds is 8. The zero-order chi connectivity index (χ0) is 15.1. The van der Waals surface area contributed by atoms with Gasteiger partial charge in [-0.05, 0) is 35.9 Å². The van der Waals surface area contributed by atoms with Crippen LogP contribution in [0.4, 0.5) is 5.69 Å². The fourth-order valence-corrected chi connectivity index (χ4v) is 3.33. The molecule has 2 rings (SSSR count). The normalized spacial score (nSPS) is 11.0. The third kappa shape index (κ3) is 4.39. The summed E-state index contributed by atoms with van der Waals surface area (Å²) in [5.74, 6) is 0. The van der Waals surface area contributed by atoms with E-state index in [0.717, 1.165) is 6.54 Å². The van der Waals surface area contributed by atoms with Crippen LogP contribution in [0.25, 0.3) is 10.8 Å². The van der Waals surface area contributed by atoms with Crippen molar-refractivity contribution in [3.8, 4) is 0 Å². The highest BCUT2D eigenvalue weighted by Crippen LogP contribution is 2.31. The lowest BCUT2D eigenvalue weighted by Crippen LogP contribution is -2.09. The number of hydrogen-bond acceptors (Lipinski definition) is 3. The number of nitrogens with zero attached hydrogens (tertiary/aromatic N) is 1. The minimum atomic E-state index is 1.08. The number of fused-ring (bicyclic) bond motifs is 1. The van der Waals surface area contributed by atoms with E-state index in [1.807, 2.05) is 0 Å². The van der Waals surface area contributed by atoms with Gasteiger partial charge in [0.25, 0.3) is 0 Å². The Bertz CT molecular complexity index is 566. The van der Waals surface area contributed by atoms with E-state index in [4.69, 9.17) is 0 Å². The maximum atomic E-state index is 3.50. The Morgan fingerprint density at radius 1 is 0.952 bits per heavy atom. The molecule has 0 unspecified atom stereocenters. The Hall–Kier alpha value is -1.19. The van der Waals surface area contributed by atoms with Crippen LogP contribution in [0.5, 0.6) is 0 Å². The number of unbranched alkanes of at least 4 members (excludes halogenated alkanes) is 3. The van der Waals surface area contributed by atoms with Crippen LogP contribution >= 0.6 is 11.9 Å². The van der Waals surface area contributed by atoms with Gasteiger partial charge in [0.05, 0.1) is 0 Å². The second-order valence-electron chi connectivity index (χ2n) is 5.58. The standard InChI is InChI=1S/C18H26N2S/c1-4-5-6-7-14-19-21-18-13-9-10-15-16(18)11-8-12-17(15)20(2)3/h8-13,19H,4-7,14H2,1-3H3. The molecular weight excluding hydrogens is 276 g/mol. The summed E-state index contributed by atoms with van der Waals surface area (Å²) in [7, 11) is 4.20. The molecule has 0 aliphatic carbocycles. The van der Waals surface area contributed by atoms with Crippen LogP contribution in [-0.4, -0.2) is 20.6 Å². The third-order valence-electron chi connectivity index (χ3n) is 3.66. The highest BCUT2D eigenvalue weighted by Gasteiger charge is 2.06. The van der Waals surface area contributed by atoms with Crippen molar-refractivity contribution in [1.29, 1.82) is 0 Å². The van der Waals surface area contributed by atoms with E-state index in [9.17, 15) is 0 Å². The lowest BCUT2D eigenvalue weighted by atomic mass is 10.1. The van der Waals surface area contributed by atoms with Crippen molar-refractivity contribution in [3.05, 3.63) is 36.4 Å². The van der Waals surface area contributed by atoms with Gasteiger partial charge in [0.15, 0.2) is 0 Å². The second kappa shape index (κ2) is 8.30. The number of nitrogens with one attached hydrogen (secondary N) is 1. The van der Waals surface area contributed by atoms with Crippen LogP contribution in [0.2, 0.25) is 0 Å². The van der Waals surface area contributed by atoms with Gasteiger partial charge in [0, 0.05) is 36.6 Å². The monoisotopic (exact) mass is 302 g/mol. The van der Waals surface area contributed by atoms with Crippen molar-refractivity contribution in [2.45, 2.75) is 37.5 Å². The Kier molecular flexibility index (Phi) is 6.40. The predicted molar refractivity (Wildman–Crippen MR) is 96.3 cm³/mol. The molecule has 0 radical (unpaired) electrons. The van der Waals surface area contributed by atoms with Gasteiger partial charge >= 0.3 is 0 Å². The van der Waals surface area contributed by atoms with E-state index in [1.165, 1.54) is 47.0 Å². The van der Waals surface area contributed by atoms with E-state index < -0.39 is 0 Å². The summed E-state index contributed by atoms with van der Waals surface area (Å²) in [5, 5.41) is 2.65. The summed E-state index contributed by atoms with van der Waals surface area (Å²) in [6.45, 7) is 3.33. The highest BCUT2D eigenvalue weighted by molar-refractivity contribution is 7.97. The van der Waals surface area contributed by atoms with Crippen molar-refractivity contribution < 1.29 is 0 Å². The van der Waals surface area contributed by atoms with Crippen LogP contribution in [0.15, 0.2) is 41.3 Å². The lowest BCUT2D eigenvalue weighted by molar-refractivity contribution is 0.663. The molecule has 0 bridgehead atoms. The molecule has 2 aromatic carbocycles. The molecule has 1 N–H and O–H groups in total. The van der Waals surface area contributed by atoms with Gasteiger partial charge in [0.2, 0.25) is 0 Å². The van der Waals surface area contributed by atoms with E-state index >= 15 is 0 Å². The van der Waals surface area contributed by atoms with Crippen LogP contribution in [0.1, 0.15) is 32.6 Å². The van der Waals surface area contributed by atoms with Crippen LogP contribution in [0.3, 0.4) is 0 Å². The Morgan fingerprint density at radius 3 is 2.48 bits per heavy atom. The maximum absolute atomic E-state index is 3.50. The Balaban J connectivity index is 2.05. The molecule has 0 atom stereocenters. The van der Waals surface area contributed by atoms with E-state index in [1.54, 1.807) is 11.9 Å². The van der Waals surface area contributed by atoms with E-state index in [0.29, 0.717) is 0 Å². The molecule has 2 aromatic rings. The first-order chi connectivity index (χ1) is 10.2. The van der Waals surface area contributed by atoms with Gasteiger partial charge in [0.1, 0.15) is 0 Å². The molecule has 0 spiro atoms. The summed E-state index contributed by atoms with van der Waals surface area (Å²) in [4.78, 5) is 3.49. The SMILES string of the molecule is CCCCCCNSc1cccc2c(N(C)C)cccc12. The number of anilines is 1. The molecule has 0 aliphatic rings. The minimum absolute atomic E-state index is 1.08. The molecule has 0 fully saturated rings. The molecule has 0 amide bonds. The third-order valence-corrected chi connectivity index (χ3v) is 4.58. The molecule has 0 saturated heterocycles. The Morgan fingerprint density at radius 2 is 1.71 bits per heavy atom. The molecule has 0 aliphatic heterocycles. The molecule has 3 heteroatoms. The summed E-state index contributed by atoms with van der Waals surface area (Å²) in [6.07, 6.45) is 5.22. The van der Waals surface area contributed by atoms with Crippen molar-refractivity contribution in [3.63, 3.8) is 0 Å². The van der Waals surface area contributed by atoms with Crippen LogP contribution in [0, 0.1) is 0 Å². The molecular formula is C18H26N2S. The lowest BCUT2D eigenvalue weighted by Gasteiger charge is -2.16. The summed E-state index contributed by atoms with van der Waals surface area (Å²) in [6, 6.07) is 13.1. The van der Waals surface area contributed by atoms with Crippen molar-refractivity contribution in [2.75, 3.05) is 25.5 Å². The van der Waals surface area contributed by atoms with Gasteiger partial charge in [-0.3, -0.25) is 4.72 Å². The quantitative estimate of drug-likeness (QED) is 0.540. The van der Waals surface area contributed by atoms with Gasteiger partial charge in [-0.25, -0.2) is 0 Å². The van der Waals surface area contributed by atoms with Gasteiger partial charge in [-0.1, -0.05) is 50.5 Å². The zero-order valence-corrected chi connectivity index (χ0v) is 14.2. The fraction of sp³-hybridized carbons (Fsp3) is 0.444. The van der Waals surface area contributed by atoms with E-state index in [2.05, 4.69) is 67.0 Å². The molecule has 2 nitrogen and oxygen atoms in total. The van der Waals surface area contributed by atoms with Crippen LogP contribution < -0.4 is 9.62 Å². The van der Waals surface area contributed by atoms with E-state index in [-0.39, 0.29) is 0 Å². The first kappa shape index (κ1) is 16.2. The van der Waals surface area contributed by atoms with Crippen molar-refractivity contribution >= 4 is 28.4 Å². The first-order valence-corrected chi connectivity index (χ1v) is 8.64. The molecule has 0 heterocycles. The zero-order valence-electron chi connectivity index (χ0n) is 13.4. The number of benzene rings is 2. The average molecular weight is 302 g/mol. The second-order valence-corrected chi connectivity index (χ2v) is 6.51. The molecule has 114 valence electrons. The van der Waals surface area contributed by atoms with Crippen LogP contribution in [-0.2, 0) is 0 Å². The van der Waals surface area contributed by atoms with Gasteiger partial charge in [-0.2, -0.15) is 0 Å². The first-order valence-electron chi connectivity index (χ1n) is 7.82. The summed E-state index contributed by atoms with van der Waals surface area (Å²) < 4.78 is 3.50. The average Bonchev–Trinajstić information content (AvgIpc) is 2.50. The number of hydrogen-bond donors (Lipinski definition) is 1.